The zero-order chi connectivity index (χ0) is 12.3. The number of benzene rings is 1. The van der Waals surface area contributed by atoms with Gasteiger partial charge in [-0.15, -0.1) is 11.8 Å². The number of phenolic OH excluding ortho intramolecular Hbond substituents is 1. The van der Waals surface area contributed by atoms with Gasteiger partial charge in [0.1, 0.15) is 5.75 Å². The summed E-state index contributed by atoms with van der Waals surface area (Å²) < 4.78 is 0. The van der Waals surface area contributed by atoms with E-state index in [0.717, 1.165) is 24.2 Å². The Morgan fingerprint density at radius 1 is 1.47 bits per heavy atom. The molecular formula is C13H17NO2S. The van der Waals surface area contributed by atoms with Crippen LogP contribution in [0.25, 0.3) is 0 Å². The van der Waals surface area contributed by atoms with Gasteiger partial charge in [-0.2, -0.15) is 0 Å². The molecule has 92 valence electrons. The molecule has 1 aliphatic heterocycles. The van der Waals surface area contributed by atoms with Crippen LogP contribution in [-0.4, -0.2) is 34.0 Å². The van der Waals surface area contributed by atoms with Crippen molar-refractivity contribution in [1.82, 2.24) is 4.90 Å². The van der Waals surface area contributed by atoms with Crippen molar-refractivity contribution in [2.75, 3.05) is 12.8 Å². The minimum atomic E-state index is 0.150. The van der Waals surface area contributed by atoms with E-state index < -0.39 is 0 Å². The van der Waals surface area contributed by atoms with Crippen LogP contribution in [0.5, 0.6) is 5.75 Å². The second-order valence-corrected chi connectivity index (χ2v) is 5.67. The summed E-state index contributed by atoms with van der Waals surface area (Å²) in [7, 11) is 1.84. The van der Waals surface area contributed by atoms with Gasteiger partial charge in [0.05, 0.1) is 5.25 Å². The van der Waals surface area contributed by atoms with Crippen molar-refractivity contribution in [1.29, 1.82) is 0 Å². The molecule has 0 aliphatic carbocycles. The number of amides is 1. The van der Waals surface area contributed by atoms with E-state index >= 15 is 0 Å². The van der Waals surface area contributed by atoms with Crippen LogP contribution in [0, 0.1) is 0 Å². The number of nitrogens with zero attached hydrogens (tertiary/aromatic N) is 1. The lowest BCUT2D eigenvalue weighted by Gasteiger charge is -2.20. The summed E-state index contributed by atoms with van der Waals surface area (Å²) in [6, 6.07) is 7.00. The number of phenols is 1. The van der Waals surface area contributed by atoms with Crippen molar-refractivity contribution >= 4 is 17.7 Å². The topological polar surface area (TPSA) is 40.5 Å². The number of carbonyl (C=O) groups excluding carboxylic acids is 1. The van der Waals surface area contributed by atoms with Crippen LogP contribution in [0.4, 0.5) is 0 Å². The molecule has 0 radical (unpaired) electrons. The third-order valence-corrected chi connectivity index (χ3v) is 4.30. The van der Waals surface area contributed by atoms with Gasteiger partial charge in [-0.3, -0.25) is 4.79 Å². The largest absolute Gasteiger partial charge is 0.508 e. The molecule has 1 heterocycles. The maximum Gasteiger partial charge on any atom is 0.235 e. The van der Waals surface area contributed by atoms with Gasteiger partial charge in [-0.1, -0.05) is 12.1 Å². The van der Waals surface area contributed by atoms with Crippen molar-refractivity contribution in [2.45, 2.75) is 24.6 Å². The number of hydrogen-bond acceptors (Lipinski definition) is 3. The fraction of sp³-hybridized carbons (Fsp3) is 0.462. The molecular weight excluding hydrogens is 234 g/mol. The molecule has 1 amide bonds. The van der Waals surface area contributed by atoms with Crippen LogP contribution >= 0.6 is 11.8 Å². The van der Waals surface area contributed by atoms with Crippen molar-refractivity contribution in [2.24, 2.45) is 0 Å². The van der Waals surface area contributed by atoms with Crippen molar-refractivity contribution in [3.05, 3.63) is 29.8 Å². The molecule has 0 spiro atoms. The first kappa shape index (κ1) is 12.3. The highest BCUT2D eigenvalue weighted by Gasteiger charge is 2.25. The lowest BCUT2D eigenvalue weighted by atomic mass is 10.2. The summed E-state index contributed by atoms with van der Waals surface area (Å²) >= 11 is 1.76. The highest BCUT2D eigenvalue weighted by molar-refractivity contribution is 8.00. The monoisotopic (exact) mass is 251 g/mol. The molecule has 17 heavy (non-hydrogen) atoms. The van der Waals surface area contributed by atoms with Gasteiger partial charge < -0.3 is 10.0 Å². The third kappa shape index (κ3) is 3.16. The van der Waals surface area contributed by atoms with E-state index in [9.17, 15) is 9.90 Å². The van der Waals surface area contributed by atoms with Gasteiger partial charge >= 0.3 is 0 Å². The maximum absolute atomic E-state index is 12.1. The second-order valence-electron chi connectivity index (χ2n) is 4.36. The van der Waals surface area contributed by atoms with Gasteiger partial charge in [0.25, 0.3) is 0 Å². The number of carbonyl (C=O) groups is 1. The smallest absolute Gasteiger partial charge is 0.235 e. The van der Waals surface area contributed by atoms with Gasteiger partial charge in [0, 0.05) is 13.6 Å². The Bertz CT molecular complexity index is 385. The normalized spacial score (nSPS) is 19.2. The van der Waals surface area contributed by atoms with E-state index in [2.05, 4.69) is 0 Å². The molecule has 1 unspecified atom stereocenters. The zero-order valence-electron chi connectivity index (χ0n) is 9.93. The summed E-state index contributed by atoms with van der Waals surface area (Å²) in [6.45, 7) is 0.607. The number of hydrogen-bond donors (Lipinski definition) is 1. The molecule has 1 aromatic rings. The van der Waals surface area contributed by atoms with Crippen LogP contribution in [0.2, 0.25) is 0 Å². The Morgan fingerprint density at radius 2 is 2.18 bits per heavy atom. The first-order chi connectivity index (χ1) is 8.16. The van der Waals surface area contributed by atoms with Crippen LogP contribution in [0.1, 0.15) is 18.4 Å². The van der Waals surface area contributed by atoms with E-state index in [-0.39, 0.29) is 16.9 Å². The fourth-order valence-electron chi connectivity index (χ4n) is 1.97. The van der Waals surface area contributed by atoms with Crippen LogP contribution < -0.4 is 0 Å². The van der Waals surface area contributed by atoms with E-state index in [0.29, 0.717) is 6.54 Å². The Morgan fingerprint density at radius 3 is 2.76 bits per heavy atom. The van der Waals surface area contributed by atoms with E-state index in [1.807, 2.05) is 19.2 Å². The van der Waals surface area contributed by atoms with E-state index in [1.165, 1.54) is 0 Å². The van der Waals surface area contributed by atoms with E-state index in [1.54, 1.807) is 28.8 Å². The molecule has 1 saturated heterocycles. The molecule has 3 nitrogen and oxygen atoms in total. The minimum absolute atomic E-state index is 0.150. The molecule has 0 bridgehead atoms. The summed E-state index contributed by atoms with van der Waals surface area (Å²) in [5, 5.41) is 9.34. The van der Waals surface area contributed by atoms with Crippen molar-refractivity contribution in [3.63, 3.8) is 0 Å². The Kier molecular flexibility index (Phi) is 3.94. The third-order valence-electron chi connectivity index (χ3n) is 2.94. The van der Waals surface area contributed by atoms with Gasteiger partial charge in [-0.25, -0.2) is 0 Å². The molecule has 1 N–H and O–H groups in total. The van der Waals surface area contributed by atoms with Crippen molar-refractivity contribution < 1.29 is 9.90 Å². The average Bonchev–Trinajstić information content (AvgIpc) is 2.84. The molecule has 0 saturated carbocycles. The molecule has 1 atom stereocenters. The van der Waals surface area contributed by atoms with Gasteiger partial charge in [0.15, 0.2) is 0 Å². The first-order valence-corrected chi connectivity index (χ1v) is 6.86. The fourth-order valence-corrected chi connectivity index (χ4v) is 3.25. The van der Waals surface area contributed by atoms with Crippen LogP contribution in [-0.2, 0) is 11.3 Å². The lowest BCUT2D eigenvalue weighted by Crippen LogP contribution is -2.33. The predicted molar refractivity (Wildman–Crippen MR) is 70.1 cm³/mol. The summed E-state index contributed by atoms with van der Waals surface area (Å²) in [5.74, 6) is 1.58. The zero-order valence-corrected chi connectivity index (χ0v) is 10.7. The first-order valence-electron chi connectivity index (χ1n) is 5.81. The molecule has 4 heteroatoms. The molecule has 1 aliphatic rings. The molecule has 1 fully saturated rings. The summed E-state index contributed by atoms with van der Waals surface area (Å²) in [4.78, 5) is 13.8. The van der Waals surface area contributed by atoms with Gasteiger partial charge in [-0.05, 0) is 36.3 Å². The molecule has 1 aromatic carbocycles. The summed E-state index contributed by atoms with van der Waals surface area (Å²) in [5.41, 5.74) is 1.04. The Hall–Kier alpha value is -1.16. The quantitative estimate of drug-likeness (QED) is 0.895. The Labute approximate surface area is 106 Å². The molecule has 2 rings (SSSR count). The molecule has 0 aromatic heterocycles. The number of thioether (sulfide) groups is 1. The predicted octanol–water partition coefficient (Wildman–Crippen LogP) is 2.25. The van der Waals surface area contributed by atoms with Crippen LogP contribution in [0.3, 0.4) is 0 Å². The van der Waals surface area contributed by atoms with E-state index in [4.69, 9.17) is 0 Å². The highest BCUT2D eigenvalue weighted by atomic mass is 32.2. The minimum Gasteiger partial charge on any atom is -0.508 e. The maximum atomic E-state index is 12.1. The second kappa shape index (κ2) is 5.45. The summed E-state index contributed by atoms with van der Waals surface area (Å²) in [6.07, 6.45) is 2.15. The average molecular weight is 251 g/mol. The van der Waals surface area contributed by atoms with Crippen molar-refractivity contribution in [3.8, 4) is 5.75 Å². The van der Waals surface area contributed by atoms with Crippen LogP contribution in [0.15, 0.2) is 24.3 Å². The highest BCUT2D eigenvalue weighted by Crippen LogP contribution is 2.27. The standard InChI is InChI=1S/C13H17NO2S/c1-14(13(16)12-3-2-8-17-12)9-10-4-6-11(15)7-5-10/h4-7,12,15H,2-3,8-9H2,1H3. The Balaban J connectivity index is 1.93. The number of aromatic hydroxyl groups is 1. The number of rotatable bonds is 3. The van der Waals surface area contributed by atoms with Gasteiger partial charge in [0.2, 0.25) is 5.91 Å². The SMILES string of the molecule is CN(Cc1ccc(O)cc1)C(=O)C1CCCS1. The lowest BCUT2D eigenvalue weighted by molar-refractivity contribution is -0.129.